The first kappa shape index (κ1) is 28.2. The Morgan fingerprint density at radius 1 is 1.05 bits per heavy atom. The van der Waals surface area contributed by atoms with E-state index < -0.39 is 11.5 Å². The average Bonchev–Trinajstić information content (AvgIpc) is 3.45. The third-order valence-electron chi connectivity index (χ3n) is 9.21. The van der Waals surface area contributed by atoms with Crippen LogP contribution in [0.2, 0.25) is 0 Å². The highest BCUT2D eigenvalue weighted by atomic mass is 16.5. The number of rotatable bonds is 3. The third kappa shape index (κ3) is 5.83. The molecule has 5 heterocycles. The number of allylic oxidation sites excluding steroid dienone is 2. The Kier molecular flexibility index (Phi) is 8.11. The number of aryl methyl sites for hydroxylation is 1. The Balaban J connectivity index is 1.25. The van der Waals surface area contributed by atoms with Gasteiger partial charge < -0.3 is 24.7 Å². The summed E-state index contributed by atoms with van der Waals surface area (Å²) in [6.45, 7) is 4.10. The summed E-state index contributed by atoms with van der Waals surface area (Å²) in [5.41, 5.74) is 2.60. The van der Waals surface area contributed by atoms with Gasteiger partial charge in [0.25, 0.3) is 5.91 Å². The number of likely N-dealkylation sites (tertiary alicyclic amines) is 1. The van der Waals surface area contributed by atoms with Gasteiger partial charge in [-0.2, -0.15) is 0 Å². The number of aromatic nitrogens is 2. The Labute approximate surface area is 246 Å². The molecule has 3 atom stereocenters. The van der Waals surface area contributed by atoms with Crippen molar-refractivity contribution in [3.8, 4) is 0 Å². The first-order chi connectivity index (χ1) is 20.4. The van der Waals surface area contributed by atoms with Gasteiger partial charge in [-0.25, -0.2) is 4.98 Å². The molecular weight excluding hydrogens is 530 g/mol. The van der Waals surface area contributed by atoms with E-state index in [4.69, 9.17) is 4.74 Å². The lowest BCUT2D eigenvalue weighted by Gasteiger charge is -2.40. The molecule has 1 aromatic carbocycles. The number of nitrogens with one attached hydrogen (secondary N) is 2. The van der Waals surface area contributed by atoms with Crippen LogP contribution in [0, 0.1) is 18.3 Å². The lowest BCUT2D eigenvalue weighted by Crippen LogP contribution is -2.58. The zero-order valence-electron chi connectivity index (χ0n) is 24.1. The number of imidazole rings is 1. The van der Waals surface area contributed by atoms with Gasteiger partial charge in [-0.05, 0) is 56.7 Å². The molecule has 0 radical (unpaired) electrons. The molecule has 1 spiro atoms. The summed E-state index contributed by atoms with van der Waals surface area (Å²) < 4.78 is 7.54. The van der Waals surface area contributed by atoms with E-state index in [2.05, 4.69) is 27.8 Å². The molecule has 9 heteroatoms. The Morgan fingerprint density at radius 3 is 2.64 bits per heavy atom. The number of carbonyl (C=O) groups is 3. The van der Waals surface area contributed by atoms with Gasteiger partial charge in [-0.15, -0.1) is 0 Å². The molecule has 2 aromatic heterocycles. The van der Waals surface area contributed by atoms with Crippen LogP contribution in [0.25, 0.3) is 5.65 Å². The maximum atomic E-state index is 13.8. The van der Waals surface area contributed by atoms with Crippen LogP contribution < -0.4 is 10.6 Å². The molecule has 0 aliphatic carbocycles. The zero-order chi connectivity index (χ0) is 29.1. The number of fused-ring (bicyclic) bond motifs is 2. The minimum atomic E-state index is -0.690. The molecule has 2 N–H and O–H groups in total. The summed E-state index contributed by atoms with van der Waals surface area (Å²) >= 11 is 0. The van der Waals surface area contributed by atoms with E-state index in [9.17, 15) is 14.4 Å². The van der Waals surface area contributed by atoms with Gasteiger partial charge >= 0.3 is 0 Å². The summed E-state index contributed by atoms with van der Waals surface area (Å²) in [7, 11) is 0. The van der Waals surface area contributed by atoms with Gasteiger partial charge in [-0.3, -0.25) is 14.4 Å². The maximum absolute atomic E-state index is 13.8. The van der Waals surface area contributed by atoms with Crippen LogP contribution in [0.4, 0.5) is 0 Å². The average molecular weight is 570 g/mol. The van der Waals surface area contributed by atoms with Crippen LogP contribution in [0.5, 0.6) is 0 Å². The molecule has 3 aromatic rings. The van der Waals surface area contributed by atoms with E-state index in [1.54, 1.807) is 0 Å². The van der Waals surface area contributed by atoms with E-state index in [1.807, 2.05) is 71.0 Å². The van der Waals surface area contributed by atoms with E-state index in [0.29, 0.717) is 70.5 Å². The first-order valence-electron chi connectivity index (χ1n) is 15.0. The molecule has 9 nitrogen and oxygen atoms in total. The van der Waals surface area contributed by atoms with Crippen molar-refractivity contribution in [1.82, 2.24) is 24.9 Å². The van der Waals surface area contributed by atoms with Crippen LogP contribution in [-0.2, 0) is 20.7 Å². The Hall–Kier alpha value is -3.98. The minimum Gasteiger partial charge on any atom is -0.381 e. The monoisotopic (exact) mass is 569 g/mol. The van der Waals surface area contributed by atoms with E-state index in [0.717, 1.165) is 16.9 Å². The third-order valence-corrected chi connectivity index (χ3v) is 9.21. The van der Waals surface area contributed by atoms with E-state index >= 15 is 0 Å². The largest absolute Gasteiger partial charge is 0.381 e. The first-order valence-corrected chi connectivity index (χ1v) is 15.0. The van der Waals surface area contributed by atoms with Gasteiger partial charge in [0, 0.05) is 56.6 Å². The molecule has 3 aliphatic rings. The molecule has 220 valence electrons. The smallest absolute Gasteiger partial charge is 0.274 e. The topological polar surface area (TPSA) is 105 Å². The lowest BCUT2D eigenvalue weighted by atomic mass is 9.75. The number of piperidine rings is 1. The number of amides is 3. The van der Waals surface area contributed by atoms with Crippen LogP contribution in [0.1, 0.15) is 53.8 Å². The van der Waals surface area contributed by atoms with Gasteiger partial charge in [0.1, 0.15) is 17.4 Å². The number of hydrogen-bond acceptors (Lipinski definition) is 5. The molecular formula is C33H39N5O4. The zero-order valence-corrected chi connectivity index (χ0v) is 24.1. The summed E-state index contributed by atoms with van der Waals surface area (Å²) in [4.78, 5) is 47.6. The van der Waals surface area contributed by atoms with Crippen molar-refractivity contribution in [3.63, 3.8) is 0 Å². The molecule has 6 rings (SSSR count). The van der Waals surface area contributed by atoms with Gasteiger partial charge in [0.05, 0.1) is 5.41 Å². The van der Waals surface area contributed by atoms with Crippen molar-refractivity contribution in [3.05, 3.63) is 83.8 Å². The second-order valence-electron chi connectivity index (χ2n) is 12.0. The van der Waals surface area contributed by atoms with Gasteiger partial charge in [-0.1, -0.05) is 48.6 Å². The number of carbonyl (C=O) groups excluding carboxylic acids is 3. The van der Waals surface area contributed by atoms with Crippen molar-refractivity contribution in [2.45, 2.75) is 57.5 Å². The van der Waals surface area contributed by atoms with Gasteiger partial charge in [0.15, 0.2) is 0 Å². The van der Waals surface area contributed by atoms with Crippen LogP contribution in [0.3, 0.4) is 0 Å². The van der Waals surface area contributed by atoms with Crippen LogP contribution in [-0.4, -0.2) is 70.4 Å². The van der Waals surface area contributed by atoms with Crippen molar-refractivity contribution in [2.75, 3.05) is 26.3 Å². The normalized spacial score (nSPS) is 25.5. The number of pyridine rings is 1. The predicted molar refractivity (Wildman–Crippen MR) is 159 cm³/mol. The highest BCUT2D eigenvalue weighted by molar-refractivity contribution is 5.93. The van der Waals surface area contributed by atoms with Crippen molar-refractivity contribution in [1.29, 1.82) is 0 Å². The maximum Gasteiger partial charge on any atom is 0.274 e. The summed E-state index contributed by atoms with van der Waals surface area (Å²) in [6, 6.07) is 14.8. The SMILES string of the molecule is Cc1cccc2nc(C(=O)N3CC[C@@H]4NC(=O)[C@@H](Cc5ccccc5)NC(=O)C5(C/C=C/C[C@@H]4C3)CCOCC5)cn12. The number of nitrogens with zero attached hydrogens (tertiary/aromatic N) is 3. The molecule has 0 unspecified atom stereocenters. The molecule has 0 bridgehead atoms. The summed E-state index contributed by atoms with van der Waals surface area (Å²) in [5.74, 6) is -0.301. The fraction of sp³-hybridized carbons (Fsp3) is 0.455. The van der Waals surface area contributed by atoms with E-state index in [-0.39, 0.29) is 29.7 Å². The van der Waals surface area contributed by atoms with E-state index in [1.165, 1.54) is 0 Å². The lowest BCUT2D eigenvalue weighted by molar-refractivity contribution is -0.140. The standard InChI is InChI=1S/C33H39N5O4/c1-23-8-7-12-29-34-28(22-38(23)29)31(40)37-17-13-26-25(21-37)11-5-6-14-33(15-18-42-19-16-33)32(41)36-27(30(39)35-26)20-24-9-3-2-4-10-24/h2-10,12,22,25-27H,11,13-21H2,1H3,(H,35,39)(H,36,41)/b6-5+/t25-,26+,27-/m1/s1. The summed E-state index contributed by atoms with van der Waals surface area (Å²) in [6.07, 6.45) is 9.64. The molecule has 42 heavy (non-hydrogen) atoms. The quantitative estimate of drug-likeness (QED) is 0.470. The molecule has 3 amide bonds. The van der Waals surface area contributed by atoms with Crippen LogP contribution in [0.15, 0.2) is 66.9 Å². The van der Waals surface area contributed by atoms with Crippen molar-refractivity contribution >= 4 is 23.4 Å². The minimum absolute atomic E-state index is 0.0415. The number of benzene rings is 1. The Morgan fingerprint density at radius 2 is 1.86 bits per heavy atom. The highest BCUT2D eigenvalue weighted by Crippen LogP contribution is 2.36. The number of hydrogen-bond donors (Lipinski definition) is 2. The van der Waals surface area contributed by atoms with Crippen LogP contribution >= 0.6 is 0 Å². The number of ether oxygens (including phenoxy) is 1. The second kappa shape index (κ2) is 12.1. The molecule has 0 saturated carbocycles. The fourth-order valence-electron chi connectivity index (χ4n) is 6.58. The predicted octanol–water partition coefficient (Wildman–Crippen LogP) is 3.46. The van der Waals surface area contributed by atoms with Gasteiger partial charge in [0.2, 0.25) is 11.8 Å². The molecule has 2 saturated heterocycles. The Bertz CT molecular complexity index is 1480. The second-order valence-corrected chi connectivity index (χ2v) is 12.0. The summed E-state index contributed by atoms with van der Waals surface area (Å²) in [5, 5.41) is 6.42. The fourth-order valence-corrected chi connectivity index (χ4v) is 6.58. The molecule has 3 aliphatic heterocycles. The molecule has 2 fully saturated rings. The highest BCUT2D eigenvalue weighted by Gasteiger charge is 2.42. The van der Waals surface area contributed by atoms with Crippen molar-refractivity contribution < 1.29 is 19.1 Å². The van der Waals surface area contributed by atoms with Crippen molar-refractivity contribution in [2.24, 2.45) is 11.3 Å².